The van der Waals surface area contributed by atoms with Crippen molar-refractivity contribution in [3.8, 4) is 5.88 Å². The van der Waals surface area contributed by atoms with Crippen LogP contribution in [0.4, 0.5) is 5.82 Å². The third-order valence-electron chi connectivity index (χ3n) is 2.42. The molecule has 3 heteroatoms. The number of aromatic nitrogens is 1. The average molecular weight is 192 g/mol. The van der Waals surface area contributed by atoms with E-state index in [0.717, 1.165) is 18.2 Å². The lowest BCUT2D eigenvalue weighted by atomic mass is 9.96. The van der Waals surface area contributed by atoms with Crippen molar-refractivity contribution >= 4 is 5.82 Å². The Bertz CT molecular complexity index is 297. The van der Waals surface area contributed by atoms with Crippen molar-refractivity contribution in [1.82, 2.24) is 4.98 Å². The molecule has 1 aliphatic rings. The molecule has 2 rings (SSSR count). The molecule has 0 amide bonds. The monoisotopic (exact) mass is 192 g/mol. The Kier molecular flexibility index (Phi) is 2.87. The first-order valence-electron chi connectivity index (χ1n) is 5.26. The fraction of sp³-hybridized carbons (Fsp3) is 0.545. The molecule has 0 spiro atoms. The number of pyridine rings is 1. The number of ether oxygens (including phenoxy) is 1. The second-order valence-corrected chi connectivity index (χ2v) is 3.56. The molecular formula is C11H16N2O. The van der Waals surface area contributed by atoms with Gasteiger partial charge in [-0.1, -0.05) is 6.07 Å². The quantitative estimate of drug-likeness (QED) is 0.795. The summed E-state index contributed by atoms with van der Waals surface area (Å²) in [6, 6.07) is 5.84. The Balaban J connectivity index is 1.97. The van der Waals surface area contributed by atoms with E-state index in [2.05, 4.69) is 17.2 Å². The summed E-state index contributed by atoms with van der Waals surface area (Å²) in [5.74, 6) is 1.64. The van der Waals surface area contributed by atoms with Crippen molar-refractivity contribution < 1.29 is 4.74 Å². The third kappa shape index (κ3) is 2.16. The van der Waals surface area contributed by atoms with Crippen molar-refractivity contribution in [2.24, 2.45) is 0 Å². The molecule has 1 aromatic heterocycles. The van der Waals surface area contributed by atoms with E-state index in [-0.39, 0.29) is 0 Å². The van der Waals surface area contributed by atoms with E-state index < -0.39 is 0 Å². The van der Waals surface area contributed by atoms with Crippen LogP contribution in [0, 0.1) is 0 Å². The minimum Gasteiger partial charge on any atom is -0.474 e. The topological polar surface area (TPSA) is 34.1 Å². The highest BCUT2D eigenvalue weighted by molar-refractivity contribution is 5.36. The fourth-order valence-corrected chi connectivity index (χ4v) is 1.42. The van der Waals surface area contributed by atoms with Gasteiger partial charge in [-0.25, -0.2) is 0 Å². The van der Waals surface area contributed by atoms with Crippen LogP contribution in [0.2, 0.25) is 0 Å². The van der Waals surface area contributed by atoms with Gasteiger partial charge in [-0.3, -0.25) is 0 Å². The molecule has 0 bridgehead atoms. The van der Waals surface area contributed by atoms with Gasteiger partial charge >= 0.3 is 0 Å². The van der Waals surface area contributed by atoms with Gasteiger partial charge in [0.05, 0.1) is 0 Å². The summed E-state index contributed by atoms with van der Waals surface area (Å²) in [4.78, 5) is 4.35. The molecule has 3 nitrogen and oxygen atoms in total. The van der Waals surface area contributed by atoms with E-state index in [1.54, 1.807) is 0 Å². The zero-order chi connectivity index (χ0) is 9.80. The van der Waals surface area contributed by atoms with Crippen molar-refractivity contribution in [1.29, 1.82) is 0 Å². The van der Waals surface area contributed by atoms with Gasteiger partial charge in [-0.15, -0.1) is 0 Å². The van der Waals surface area contributed by atoms with E-state index >= 15 is 0 Å². The normalized spacial score (nSPS) is 16.1. The van der Waals surface area contributed by atoms with Crippen molar-refractivity contribution in [3.63, 3.8) is 0 Å². The van der Waals surface area contributed by atoms with Crippen LogP contribution < -0.4 is 10.1 Å². The molecule has 1 N–H and O–H groups in total. The zero-order valence-corrected chi connectivity index (χ0v) is 8.49. The first-order chi connectivity index (χ1) is 6.88. The molecule has 76 valence electrons. The number of anilines is 1. The van der Waals surface area contributed by atoms with Crippen LogP contribution in [-0.2, 0) is 0 Å². The van der Waals surface area contributed by atoms with Gasteiger partial charge in [-0.05, 0) is 32.3 Å². The maximum atomic E-state index is 5.69. The summed E-state index contributed by atoms with van der Waals surface area (Å²) < 4.78 is 5.69. The number of rotatable bonds is 4. The lowest BCUT2D eigenvalue weighted by Gasteiger charge is -2.25. The van der Waals surface area contributed by atoms with Crippen LogP contribution in [0.1, 0.15) is 26.2 Å². The smallest absolute Gasteiger partial charge is 0.215 e. The summed E-state index contributed by atoms with van der Waals surface area (Å²) in [5, 5.41) is 3.17. The van der Waals surface area contributed by atoms with Crippen molar-refractivity contribution in [2.75, 3.05) is 11.9 Å². The number of hydrogen-bond acceptors (Lipinski definition) is 3. The highest BCUT2D eigenvalue weighted by Crippen LogP contribution is 2.24. The molecule has 0 aromatic carbocycles. The van der Waals surface area contributed by atoms with E-state index in [1.807, 2.05) is 18.2 Å². The summed E-state index contributed by atoms with van der Waals surface area (Å²) in [6.45, 7) is 2.95. The lowest BCUT2D eigenvalue weighted by molar-refractivity contribution is 0.115. The van der Waals surface area contributed by atoms with Gasteiger partial charge in [0.25, 0.3) is 0 Å². The SMILES string of the molecule is CCNc1cccc(OC2CCC2)n1. The molecule has 0 unspecified atom stereocenters. The highest BCUT2D eigenvalue weighted by Gasteiger charge is 2.19. The summed E-state index contributed by atoms with van der Waals surface area (Å²) in [5.41, 5.74) is 0. The van der Waals surface area contributed by atoms with E-state index in [0.29, 0.717) is 6.10 Å². The van der Waals surface area contributed by atoms with Gasteiger partial charge in [0.2, 0.25) is 5.88 Å². The third-order valence-corrected chi connectivity index (χ3v) is 2.42. The Labute approximate surface area is 84.5 Å². The van der Waals surface area contributed by atoms with Gasteiger partial charge in [0, 0.05) is 12.6 Å². The standard InChI is InChI=1S/C11H16N2O/c1-2-12-10-7-4-8-11(13-10)14-9-5-3-6-9/h4,7-9H,2-3,5-6H2,1H3,(H,12,13). The van der Waals surface area contributed by atoms with Gasteiger partial charge in [0.1, 0.15) is 11.9 Å². The van der Waals surface area contributed by atoms with Gasteiger partial charge in [-0.2, -0.15) is 4.98 Å². The summed E-state index contributed by atoms with van der Waals surface area (Å²) in [7, 11) is 0. The molecule has 1 saturated carbocycles. The van der Waals surface area contributed by atoms with E-state index in [4.69, 9.17) is 4.74 Å². The van der Waals surface area contributed by atoms with E-state index in [9.17, 15) is 0 Å². The van der Waals surface area contributed by atoms with Crippen LogP contribution in [0.15, 0.2) is 18.2 Å². The molecular weight excluding hydrogens is 176 g/mol. The number of nitrogens with one attached hydrogen (secondary N) is 1. The molecule has 14 heavy (non-hydrogen) atoms. The average Bonchev–Trinajstić information content (AvgIpc) is 2.13. The van der Waals surface area contributed by atoms with Crippen molar-refractivity contribution in [2.45, 2.75) is 32.3 Å². The highest BCUT2D eigenvalue weighted by atomic mass is 16.5. The molecule has 0 saturated heterocycles. The second-order valence-electron chi connectivity index (χ2n) is 3.56. The predicted octanol–water partition coefficient (Wildman–Crippen LogP) is 2.44. The van der Waals surface area contributed by atoms with E-state index in [1.165, 1.54) is 19.3 Å². The second kappa shape index (κ2) is 4.31. The first-order valence-corrected chi connectivity index (χ1v) is 5.26. The Morgan fingerprint density at radius 1 is 1.50 bits per heavy atom. The molecule has 1 heterocycles. The van der Waals surface area contributed by atoms with Crippen LogP contribution in [0.3, 0.4) is 0 Å². The summed E-state index contributed by atoms with van der Waals surface area (Å²) >= 11 is 0. The largest absolute Gasteiger partial charge is 0.474 e. The maximum absolute atomic E-state index is 5.69. The summed E-state index contributed by atoms with van der Waals surface area (Å²) in [6.07, 6.45) is 4.04. The van der Waals surface area contributed by atoms with Crippen LogP contribution in [0.5, 0.6) is 5.88 Å². The van der Waals surface area contributed by atoms with Gasteiger partial charge < -0.3 is 10.1 Å². The maximum Gasteiger partial charge on any atom is 0.215 e. The molecule has 0 aliphatic heterocycles. The molecule has 1 aliphatic carbocycles. The molecule has 0 radical (unpaired) electrons. The minimum atomic E-state index is 0.402. The zero-order valence-electron chi connectivity index (χ0n) is 8.49. The molecule has 1 fully saturated rings. The van der Waals surface area contributed by atoms with Crippen LogP contribution >= 0.6 is 0 Å². The van der Waals surface area contributed by atoms with Gasteiger partial charge in [0.15, 0.2) is 0 Å². The predicted molar refractivity (Wildman–Crippen MR) is 56.7 cm³/mol. The Morgan fingerprint density at radius 3 is 3.00 bits per heavy atom. The van der Waals surface area contributed by atoms with Crippen LogP contribution in [-0.4, -0.2) is 17.6 Å². The molecule has 0 atom stereocenters. The Morgan fingerprint density at radius 2 is 2.36 bits per heavy atom. The molecule has 1 aromatic rings. The fourth-order valence-electron chi connectivity index (χ4n) is 1.42. The van der Waals surface area contributed by atoms with Crippen molar-refractivity contribution in [3.05, 3.63) is 18.2 Å². The minimum absolute atomic E-state index is 0.402. The number of nitrogens with zero attached hydrogens (tertiary/aromatic N) is 1. The van der Waals surface area contributed by atoms with Crippen LogP contribution in [0.25, 0.3) is 0 Å². The first kappa shape index (κ1) is 9.31. The lowest BCUT2D eigenvalue weighted by Crippen LogP contribution is -2.25. The Hall–Kier alpha value is -1.25. The number of hydrogen-bond donors (Lipinski definition) is 1.